The minimum absolute atomic E-state index is 0.00536. The molecule has 512 valence electrons. The van der Waals surface area contributed by atoms with Gasteiger partial charge in [0.25, 0.3) is 5.70 Å². The van der Waals surface area contributed by atoms with Crippen LogP contribution in [0.25, 0.3) is 9.69 Å². The third kappa shape index (κ3) is 23.9. The summed E-state index contributed by atoms with van der Waals surface area (Å²) in [5.41, 5.74) is 1.33. The molecule has 27 heteroatoms. The molecule has 0 amide bonds. The van der Waals surface area contributed by atoms with Crippen LogP contribution in [0.15, 0.2) is 67.5 Å². The van der Waals surface area contributed by atoms with Crippen LogP contribution in [-0.4, -0.2) is 250 Å². The minimum Gasteiger partial charge on any atom is -0.470 e. The maximum Gasteiger partial charge on any atom is 0.349 e. The van der Waals surface area contributed by atoms with Crippen molar-refractivity contribution in [2.45, 2.75) is 95.4 Å². The number of allylic oxidation sites excluding steroid dienone is 3. The van der Waals surface area contributed by atoms with Gasteiger partial charge in [0.15, 0.2) is 5.70 Å². The summed E-state index contributed by atoms with van der Waals surface area (Å²) < 4.78 is 85.1. The van der Waals surface area contributed by atoms with Gasteiger partial charge in [-0.15, -0.1) is 0 Å². The van der Waals surface area contributed by atoms with Gasteiger partial charge in [0, 0.05) is 110 Å². The molecule has 3 aliphatic heterocycles. The topological polar surface area (TPSA) is 303 Å². The van der Waals surface area contributed by atoms with Crippen molar-refractivity contribution < 1.29 is 85.4 Å². The van der Waals surface area contributed by atoms with E-state index in [4.69, 9.17) is 84.2 Å². The smallest absolute Gasteiger partial charge is 0.349 e. The van der Waals surface area contributed by atoms with Crippen LogP contribution in [0, 0.1) is 64.4 Å². The first-order valence-electron chi connectivity index (χ1n) is 32.4. The molecule has 0 aromatic carbocycles. The van der Waals surface area contributed by atoms with Crippen molar-refractivity contribution in [2.75, 3.05) is 199 Å². The van der Waals surface area contributed by atoms with E-state index < -0.39 is 78.8 Å². The first kappa shape index (κ1) is 75.7. The third-order valence-corrected chi connectivity index (χ3v) is 16.4. The Bertz CT molecular complexity index is 2630. The van der Waals surface area contributed by atoms with Gasteiger partial charge in [-0.25, -0.2) is 19.3 Å². The van der Waals surface area contributed by atoms with E-state index >= 15 is 0 Å². The Labute approximate surface area is 552 Å². The number of nitriles is 4. The lowest BCUT2D eigenvalue weighted by Gasteiger charge is -2.33. The molecule has 3 fully saturated rings. The second-order valence-electron chi connectivity index (χ2n) is 22.7. The number of methoxy groups -OCH3 is 3. The van der Waals surface area contributed by atoms with Gasteiger partial charge in [-0.05, 0) is 61.7 Å². The molecule has 0 radical (unpaired) electrons. The van der Waals surface area contributed by atoms with Crippen LogP contribution in [0.3, 0.4) is 0 Å². The molecule has 0 N–H and O–H groups in total. The molecule has 0 spiro atoms. The van der Waals surface area contributed by atoms with E-state index in [2.05, 4.69) is 36.5 Å². The van der Waals surface area contributed by atoms with Gasteiger partial charge in [-0.3, -0.25) is 4.79 Å². The van der Waals surface area contributed by atoms with Crippen LogP contribution in [0.1, 0.15) is 77.0 Å². The average molecular weight is 1310 g/mol. The fourth-order valence-electron chi connectivity index (χ4n) is 11.8. The van der Waals surface area contributed by atoms with E-state index in [1.54, 1.807) is 21.3 Å². The number of carbonyl (C=O) groups excluding carboxylic acids is 3. The monoisotopic (exact) mass is 1310 g/mol. The molecule has 0 saturated carbocycles. The molecule has 6 aliphatic rings. The average Bonchev–Trinajstić information content (AvgIpc) is 1.20. The molecule has 94 heavy (non-hydrogen) atoms. The van der Waals surface area contributed by atoms with Gasteiger partial charge in [0.05, 0.1) is 174 Å². The lowest BCUT2D eigenvalue weighted by Crippen LogP contribution is -2.32. The molecular weight excluding hydrogens is 1220 g/mol. The zero-order chi connectivity index (χ0) is 67.1. The highest BCUT2D eigenvalue weighted by Crippen LogP contribution is 2.40. The fourth-order valence-corrected chi connectivity index (χ4v) is 11.8. The number of nitrogens with zero attached hydrogens (tertiary/aromatic N) is 9. The van der Waals surface area contributed by atoms with Gasteiger partial charge >= 0.3 is 17.9 Å². The van der Waals surface area contributed by atoms with Crippen molar-refractivity contribution in [3.63, 3.8) is 0 Å². The van der Waals surface area contributed by atoms with Crippen molar-refractivity contribution in [3.05, 3.63) is 90.3 Å². The Balaban J connectivity index is 1.27. The number of carbonyl (C=O) groups is 3. The van der Waals surface area contributed by atoms with Crippen LogP contribution in [0.4, 0.5) is 0 Å². The predicted molar refractivity (Wildman–Crippen MR) is 334 cm³/mol. The Morgan fingerprint density at radius 2 is 0.745 bits per heavy atom. The summed E-state index contributed by atoms with van der Waals surface area (Å²) in [5.74, 6) is -4.59. The zero-order valence-electron chi connectivity index (χ0n) is 54.8. The Morgan fingerprint density at radius 1 is 0.436 bits per heavy atom. The summed E-state index contributed by atoms with van der Waals surface area (Å²) in [7, 11) is 4.76. The van der Waals surface area contributed by atoms with Crippen LogP contribution < -0.4 is 0 Å². The molecule has 0 bridgehead atoms. The molecule has 27 nitrogen and oxygen atoms in total. The zero-order valence-corrected chi connectivity index (χ0v) is 54.8. The van der Waals surface area contributed by atoms with Crippen LogP contribution in [0.2, 0.25) is 0 Å². The number of ether oxygens (including phenoxy) is 15. The molecule has 3 aliphatic carbocycles. The third-order valence-electron chi connectivity index (χ3n) is 16.4. The van der Waals surface area contributed by atoms with E-state index in [0.29, 0.717) is 155 Å². The van der Waals surface area contributed by atoms with Crippen LogP contribution >= 0.6 is 0 Å². The molecule has 0 aromatic heterocycles. The largest absolute Gasteiger partial charge is 0.470 e. The van der Waals surface area contributed by atoms with Crippen LogP contribution in [0.5, 0.6) is 0 Å². The quantitative estimate of drug-likeness (QED) is 0.0179. The van der Waals surface area contributed by atoms with E-state index in [1.807, 2.05) is 12.1 Å². The number of esters is 3. The second-order valence-corrected chi connectivity index (χ2v) is 22.7. The lowest BCUT2D eigenvalue weighted by atomic mass is 9.86. The van der Waals surface area contributed by atoms with Crippen molar-refractivity contribution in [2.24, 2.45) is 5.92 Å². The molecular formula is C67H91N9O18. The van der Waals surface area contributed by atoms with Crippen molar-refractivity contribution in [3.8, 4) is 24.3 Å². The summed E-state index contributed by atoms with van der Waals surface area (Å²) in [6.45, 7) is 24.6. The van der Waals surface area contributed by atoms with Gasteiger partial charge in [0.1, 0.15) is 48.6 Å². The van der Waals surface area contributed by atoms with E-state index in [9.17, 15) is 35.4 Å². The maximum absolute atomic E-state index is 14.5. The van der Waals surface area contributed by atoms with Gasteiger partial charge in [0.2, 0.25) is 0 Å². The first-order chi connectivity index (χ1) is 46.1. The predicted octanol–water partition coefficient (Wildman–Crippen LogP) is 5.60. The Kier molecular flexibility index (Phi) is 35.2. The summed E-state index contributed by atoms with van der Waals surface area (Å²) in [6.07, 6.45) is 4.67. The second kappa shape index (κ2) is 43.6. The molecule has 3 unspecified atom stereocenters. The highest BCUT2D eigenvalue weighted by atomic mass is 16.6. The molecule has 3 heterocycles. The van der Waals surface area contributed by atoms with E-state index in [0.717, 1.165) is 38.5 Å². The maximum atomic E-state index is 14.5. The van der Waals surface area contributed by atoms with Crippen molar-refractivity contribution in [1.82, 2.24) is 14.7 Å². The van der Waals surface area contributed by atoms with Crippen molar-refractivity contribution in [1.29, 1.82) is 21.0 Å². The Hall–Kier alpha value is -7.29. The minimum atomic E-state index is -1.22. The SMILES string of the molecule is [C-]#[N+]C1=C(N2CCCC2)CC(OCCOCCOCCOC)C/C1=C(/[N+]#[C-])C(=O)OCC(COC(=O)/C(C#N)=C1\CC(OCCOCCOCCOC)CC(N2CCCC2)=C1C#N)COC(=O)/C(C#N)=C1\CC(OCCOCCOCCOC)CC(N2CCCC2)=C1C#N. The fraction of sp³-hybridized carbons (Fsp3) is 0.687. The standard InChI is InChI=1S/C67H91N9O18/c1-72-63-55(38-52(41-62(63)76-16-10-11-17-76)91-35-32-88-29-26-85-23-20-82-5)64(73-2)67(79)94-48-49(46-92-65(77)58(44-70)53-36-50(89-33-30-86-27-24-83-21-18-80-3)39-60(56(53)42-68)74-12-6-7-13-74)47-93-66(78)59(45-71)54-37-51(90-34-31-87-28-25-84-22-19-81-4)40-61(57(54)43-69)75-14-8-9-15-75/h49-52H,6-41,46-48H2,3-5H3/b58-53+,59-54+,64-55-. The summed E-state index contributed by atoms with van der Waals surface area (Å²) in [5, 5.41) is 43.0. The summed E-state index contributed by atoms with van der Waals surface area (Å²) >= 11 is 0. The lowest BCUT2D eigenvalue weighted by molar-refractivity contribution is -0.148. The van der Waals surface area contributed by atoms with Crippen molar-refractivity contribution >= 4 is 17.9 Å². The number of likely N-dealkylation sites (tertiary alicyclic amines) is 3. The normalized spacial score (nSPS) is 21.0. The first-order valence-corrected chi connectivity index (χ1v) is 32.4. The molecule has 6 rings (SSSR count). The van der Waals surface area contributed by atoms with Crippen LogP contribution in [-0.2, 0) is 85.4 Å². The van der Waals surface area contributed by atoms with Gasteiger partial charge in [-0.1, -0.05) is 0 Å². The number of rotatable bonds is 42. The Morgan fingerprint density at radius 3 is 1.06 bits per heavy atom. The van der Waals surface area contributed by atoms with Gasteiger partial charge in [-0.2, -0.15) is 21.0 Å². The van der Waals surface area contributed by atoms with E-state index in [-0.39, 0.29) is 92.5 Å². The van der Waals surface area contributed by atoms with E-state index in [1.165, 1.54) is 0 Å². The number of hydrogen-bond acceptors (Lipinski definition) is 25. The molecule has 0 aromatic rings. The molecule has 3 saturated heterocycles. The summed E-state index contributed by atoms with van der Waals surface area (Å²) in [6, 6.07) is 8.45. The number of hydrogen-bond donors (Lipinski definition) is 0. The highest BCUT2D eigenvalue weighted by molar-refractivity contribution is 5.96. The highest BCUT2D eigenvalue weighted by Gasteiger charge is 2.38. The van der Waals surface area contributed by atoms with Gasteiger partial charge < -0.3 is 85.8 Å². The molecule has 3 atom stereocenters. The summed E-state index contributed by atoms with van der Waals surface area (Å²) in [4.78, 5) is 57.1.